The smallest absolute Gasteiger partial charge is 0.180 e. The van der Waals surface area contributed by atoms with Crippen molar-refractivity contribution in [1.82, 2.24) is 14.5 Å². The summed E-state index contributed by atoms with van der Waals surface area (Å²) in [5, 5.41) is 3.24. The number of furan rings is 1. The Morgan fingerprint density at radius 2 is 1.19 bits per heavy atom. The first-order chi connectivity index (χ1) is 25.8. The number of fused-ring (bicyclic) bond motifs is 10. The lowest BCUT2D eigenvalue weighted by atomic mass is 9.94. The Morgan fingerprint density at radius 3 is 2.06 bits per heavy atom. The Balaban J connectivity index is 1.19. The van der Waals surface area contributed by atoms with Crippen LogP contribution in [0.1, 0.15) is 5.56 Å². The van der Waals surface area contributed by atoms with Gasteiger partial charge < -0.3 is 13.7 Å². The molecule has 0 saturated carbocycles. The van der Waals surface area contributed by atoms with E-state index in [1.807, 2.05) is 24.3 Å². The van der Waals surface area contributed by atoms with E-state index in [2.05, 4.69) is 144 Å². The van der Waals surface area contributed by atoms with Crippen LogP contribution in [0.5, 0.6) is 5.75 Å². The van der Waals surface area contributed by atoms with Gasteiger partial charge in [-0.2, -0.15) is 0 Å². The summed E-state index contributed by atoms with van der Waals surface area (Å²) in [5.41, 5.74) is 13.8. The Labute approximate surface area is 299 Å². The fraction of sp³-hybridized carbons (Fsp3) is 0.0213. The van der Waals surface area contributed by atoms with Gasteiger partial charge in [-0.1, -0.05) is 127 Å². The summed E-state index contributed by atoms with van der Waals surface area (Å²) < 4.78 is 15.5. The second kappa shape index (κ2) is 11.3. The van der Waals surface area contributed by atoms with Crippen molar-refractivity contribution in [3.63, 3.8) is 0 Å². The van der Waals surface area contributed by atoms with Crippen molar-refractivity contribution in [3.8, 4) is 56.3 Å². The zero-order chi connectivity index (χ0) is 34.2. The minimum atomic E-state index is 0.486. The van der Waals surface area contributed by atoms with E-state index in [9.17, 15) is 0 Å². The number of hydrogen-bond donors (Lipinski definition) is 0. The van der Waals surface area contributed by atoms with E-state index in [0.717, 1.165) is 77.9 Å². The van der Waals surface area contributed by atoms with Crippen molar-refractivity contribution >= 4 is 43.9 Å². The number of para-hydroxylation sites is 3. The van der Waals surface area contributed by atoms with Gasteiger partial charge in [-0.05, 0) is 58.7 Å². The maximum absolute atomic E-state index is 7.03. The topological polar surface area (TPSA) is 53.1 Å². The van der Waals surface area contributed by atoms with Gasteiger partial charge in [-0.3, -0.25) is 0 Å². The fourth-order valence-corrected chi connectivity index (χ4v) is 7.85. The summed E-state index contributed by atoms with van der Waals surface area (Å²) in [5.74, 6) is 1.55. The van der Waals surface area contributed by atoms with Crippen LogP contribution >= 0.6 is 0 Å². The van der Waals surface area contributed by atoms with Gasteiger partial charge >= 0.3 is 0 Å². The van der Waals surface area contributed by atoms with Crippen molar-refractivity contribution < 1.29 is 9.15 Å². The molecule has 1 aliphatic rings. The molecule has 0 fully saturated rings. The molecule has 0 N–H and O–H groups in total. The molecule has 10 aromatic rings. The quantitative estimate of drug-likeness (QED) is 0.187. The third-order valence-electron chi connectivity index (χ3n) is 10.3. The molecule has 1 aliphatic heterocycles. The molecule has 7 aromatic carbocycles. The lowest BCUT2D eigenvalue weighted by Gasteiger charge is -2.21. The molecule has 52 heavy (non-hydrogen) atoms. The van der Waals surface area contributed by atoms with Crippen molar-refractivity contribution in [2.24, 2.45) is 0 Å². The minimum absolute atomic E-state index is 0.486. The van der Waals surface area contributed by atoms with Crippen LogP contribution in [0.2, 0.25) is 0 Å². The maximum atomic E-state index is 7.03. The van der Waals surface area contributed by atoms with Crippen LogP contribution < -0.4 is 4.74 Å². The summed E-state index contributed by atoms with van der Waals surface area (Å²) >= 11 is 0. The second-order valence-electron chi connectivity index (χ2n) is 13.3. The summed E-state index contributed by atoms with van der Waals surface area (Å²) in [7, 11) is 0. The highest BCUT2D eigenvalue weighted by Crippen LogP contribution is 2.44. The molecule has 4 heterocycles. The van der Waals surface area contributed by atoms with Crippen molar-refractivity contribution in [3.05, 3.63) is 169 Å². The standard InChI is InChI=1S/C47H29N3O2/c1-3-11-29(12-4-1)30-19-21-31(22-20-30)47-48-42(32-23-24-35-33(27-32)28-51-41-18-10-8-16-37(35)41)46-43(49-47)39-26-25-38-36-15-7-9-17-40(36)50(44(38)45(39)52-46)34-13-5-2-6-14-34/h1-27H,28H2. The molecule has 0 spiro atoms. The van der Waals surface area contributed by atoms with Gasteiger partial charge in [0.25, 0.3) is 0 Å². The monoisotopic (exact) mass is 667 g/mol. The van der Waals surface area contributed by atoms with Crippen LogP contribution in [0, 0.1) is 0 Å². The number of hydrogen-bond acceptors (Lipinski definition) is 4. The zero-order valence-corrected chi connectivity index (χ0v) is 28.0. The van der Waals surface area contributed by atoms with Crippen LogP contribution in [0.15, 0.2) is 168 Å². The minimum Gasteiger partial charge on any atom is -0.488 e. The summed E-state index contributed by atoms with van der Waals surface area (Å²) in [6.07, 6.45) is 0. The molecule has 244 valence electrons. The average Bonchev–Trinajstić information content (AvgIpc) is 3.77. The largest absolute Gasteiger partial charge is 0.488 e. The van der Waals surface area contributed by atoms with E-state index in [1.54, 1.807) is 0 Å². The number of nitrogens with zero attached hydrogens (tertiary/aromatic N) is 3. The van der Waals surface area contributed by atoms with E-state index in [0.29, 0.717) is 18.0 Å². The van der Waals surface area contributed by atoms with Crippen LogP contribution in [0.25, 0.3) is 94.5 Å². The molecule has 0 amide bonds. The zero-order valence-electron chi connectivity index (χ0n) is 28.0. The van der Waals surface area contributed by atoms with E-state index in [4.69, 9.17) is 19.1 Å². The third-order valence-corrected chi connectivity index (χ3v) is 10.3. The average molecular weight is 668 g/mol. The molecular weight excluding hydrogens is 639 g/mol. The van der Waals surface area contributed by atoms with Gasteiger partial charge in [0.05, 0.1) is 11.0 Å². The second-order valence-corrected chi connectivity index (χ2v) is 13.3. The van der Waals surface area contributed by atoms with Crippen LogP contribution in [0.4, 0.5) is 0 Å². The molecule has 0 atom stereocenters. The predicted octanol–water partition coefficient (Wildman–Crippen LogP) is 12.0. The van der Waals surface area contributed by atoms with Gasteiger partial charge in [0, 0.05) is 38.5 Å². The maximum Gasteiger partial charge on any atom is 0.180 e. The first-order valence-electron chi connectivity index (χ1n) is 17.5. The molecular formula is C47H29N3O2. The Bertz CT molecular complexity index is 3000. The van der Waals surface area contributed by atoms with Gasteiger partial charge in [-0.25, -0.2) is 9.97 Å². The number of benzene rings is 7. The molecule has 0 saturated heterocycles. The van der Waals surface area contributed by atoms with Gasteiger partial charge in [0.1, 0.15) is 23.6 Å². The lowest BCUT2D eigenvalue weighted by molar-refractivity contribution is 0.302. The van der Waals surface area contributed by atoms with Gasteiger partial charge in [0.2, 0.25) is 0 Å². The first-order valence-corrected chi connectivity index (χ1v) is 17.5. The number of aromatic nitrogens is 3. The SMILES string of the molecule is c1ccc(-c2ccc(-c3nc(-c4ccc5c(c4)COc4ccccc4-5)c4oc5c(ccc6c7ccccc7n(-c7ccccc7)c65)c4n3)cc2)cc1. The van der Waals surface area contributed by atoms with E-state index >= 15 is 0 Å². The highest BCUT2D eigenvalue weighted by Gasteiger charge is 2.24. The molecule has 11 rings (SSSR count). The first kappa shape index (κ1) is 28.8. The highest BCUT2D eigenvalue weighted by molar-refractivity contribution is 6.21. The normalized spacial score (nSPS) is 12.3. The summed E-state index contributed by atoms with van der Waals surface area (Å²) in [4.78, 5) is 10.5. The lowest BCUT2D eigenvalue weighted by Crippen LogP contribution is -2.05. The Morgan fingerprint density at radius 1 is 0.500 bits per heavy atom. The summed E-state index contributed by atoms with van der Waals surface area (Å²) in [6.45, 7) is 0.486. The van der Waals surface area contributed by atoms with Gasteiger partial charge in [-0.15, -0.1) is 0 Å². The van der Waals surface area contributed by atoms with E-state index in [1.165, 1.54) is 16.5 Å². The predicted molar refractivity (Wildman–Crippen MR) is 210 cm³/mol. The van der Waals surface area contributed by atoms with E-state index < -0.39 is 0 Å². The Kier molecular flexibility index (Phi) is 6.25. The molecule has 0 radical (unpaired) electrons. The molecule has 5 heteroatoms. The molecule has 3 aromatic heterocycles. The van der Waals surface area contributed by atoms with Crippen LogP contribution in [0.3, 0.4) is 0 Å². The Hall–Kier alpha value is -6.98. The van der Waals surface area contributed by atoms with Gasteiger partial charge in [0.15, 0.2) is 17.0 Å². The van der Waals surface area contributed by atoms with Crippen LogP contribution in [-0.4, -0.2) is 14.5 Å². The fourth-order valence-electron chi connectivity index (χ4n) is 7.85. The molecule has 0 bridgehead atoms. The molecule has 0 aliphatic carbocycles. The number of ether oxygens (including phenoxy) is 1. The highest BCUT2D eigenvalue weighted by atomic mass is 16.5. The molecule has 5 nitrogen and oxygen atoms in total. The summed E-state index contributed by atoms with van der Waals surface area (Å²) in [6, 6.07) is 57.0. The van der Waals surface area contributed by atoms with Crippen molar-refractivity contribution in [1.29, 1.82) is 0 Å². The van der Waals surface area contributed by atoms with Crippen molar-refractivity contribution in [2.45, 2.75) is 6.61 Å². The molecule has 0 unspecified atom stereocenters. The third kappa shape index (κ3) is 4.36. The van der Waals surface area contributed by atoms with Crippen LogP contribution in [-0.2, 0) is 6.61 Å². The van der Waals surface area contributed by atoms with Crippen molar-refractivity contribution in [2.75, 3.05) is 0 Å². The number of rotatable bonds is 4. The van der Waals surface area contributed by atoms with E-state index in [-0.39, 0.29) is 0 Å².